The molecule has 1 aliphatic carbocycles. The summed E-state index contributed by atoms with van der Waals surface area (Å²) in [5.74, 6) is 1.75. The molecule has 16 heavy (non-hydrogen) atoms. The second kappa shape index (κ2) is 5.67. The topological polar surface area (TPSA) is 46.3 Å². The zero-order valence-electron chi connectivity index (χ0n) is 10.2. The lowest BCUT2D eigenvalue weighted by molar-refractivity contribution is -0.134. The molecular formula is C13H24N2O. The van der Waals surface area contributed by atoms with Crippen molar-refractivity contribution in [2.24, 2.45) is 17.6 Å². The van der Waals surface area contributed by atoms with Crippen molar-refractivity contribution in [3.8, 4) is 0 Å². The molecule has 1 saturated heterocycles. The van der Waals surface area contributed by atoms with Crippen molar-refractivity contribution in [1.29, 1.82) is 0 Å². The maximum absolute atomic E-state index is 12.0. The van der Waals surface area contributed by atoms with Crippen molar-refractivity contribution in [1.82, 2.24) is 4.90 Å². The minimum absolute atomic E-state index is 0.395. The van der Waals surface area contributed by atoms with E-state index in [0.717, 1.165) is 32.5 Å². The molecule has 1 amide bonds. The first kappa shape index (κ1) is 11.9. The summed E-state index contributed by atoms with van der Waals surface area (Å²) in [4.78, 5) is 14.1. The van der Waals surface area contributed by atoms with E-state index in [1.807, 2.05) is 0 Å². The summed E-state index contributed by atoms with van der Waals surface area (Å²) in [6.07, 6.45) is 8.17. The van der Waals surface area contributed by atoms with Crippen molar-refractivity contribution in [3.63, 3.8) is 0 Å². The van der Waals surface area contributed by atoms with Crippen LogP contribution >= 0.6 is 0 Å². The summed E-state index contributed by atoms with van der Waals surface area (Å²) in [6, 6.07) is 0. The maximum atomic E-state index is 12.0. The van der Waals surface area contributed by atoms with Crippen LogP contribution in [0.4, 0.5) is 0 Å². The van der Waals surface area contributed by atoms with Crippen LogP contribution < -0.4 is 5.73 Å². The van der Waals surface area contributed by atoms with Gasteiger partial charge < -0.3 is 10.6 Å². The van der Waals surface area contributed by atoms with Gasteiger partial charge in [-0.3, -0.25) is 4.79 Å². The second-order valence-corrected chi connectivity index (χ2v) is 5.43. The first-order valence-corrected chi connectivity index (χ1v) is 6.77. The van der Waals surface area contributed by atoms with Gasteiger partial charge in [0.15, 0.2) is 0 Å². The molecule has 2 rings (SSSR count). The first-order chi connectivity index (χ1) is 7.79. The lowest BCUT2D eigenvalue weighted by atomic mass is 9.82. The third kappa shape index (κ3) is 2.97. The van der Waals surface area contributed by atoms with E-state index in [1.54, 1.807) is 0 Å². The molecule has 0 aromatic heterocycles. The third-order valence-corrected chi connectivity index (χ3v) is 4.13. The highest BCUT2D eigenvalue weighted by Crippen LogP contribution is 2.30. The average molecular weight is 224 g/mol. The van der Waals surface area contributed by atoms with Gasteiger partial charge in [-0.05, 0) is 50.5 Å². The fourth-order valence-electron chi connectivity index (χ4n) is 2.84. The minimum Gasteiger partial charge on any atom is -0.342 e. The molecule has 3 heteroatoms. The summed E-state index contributed by atoms with van der Waals surface area (Å²) < 4.78 is 0. The molecule has 1 unspecified atom stereocenters. The molecule has 3 nitrogen and oxygen atoms in total. The van der Waals surface area contributed by atoms with Crippen LogP contribution in [0.3, 0.4) is 0 Å². The smallest absolute Gasteiger partial charge is 0.222 e. The van der Waals surface area contributed by atoms with Crippen molar-refractivity contribution in [2.45, 2.75) is 44.9 Å². The molecule has 1 aliphatic heterocycles. The minimum atomic E-state index is 0.395. The normalized spacial score (nSPS) is 26.6. The monoisotopic (exact) mass is 224 g/mol. The van der Waals surface area contributed by atoms with Crippen molar-refractivity contribution >= 4 is 5.91 Å². The quantitative estimate of drug-likeness (QED) is 0.791. The van der Waals surface area contributed by atoms with Gasteiger partial charge in [-0.15, -0.1) is 0 Å². The Balaban J connectivity index is 1.76. The number of hydrogen-bond acceptors (Lipinski definition) is 2. The largest absolute Gasteiger partial charge is 0.342 e. The van der Waals surface area contributed by atoms with Gasteiger partial charge in [0.2, 0.25) is 5.91 Å². The number of hydrogen-bond donors (Lipinski definition) is 1. The zero-order chi connectivity index (χ0) is 11.4. The molecule has 2 fully saturated rings. The molecule has 1 heterocycles. The molecular weight excluding hydrogens is 200 g/mol. The van der Waals surface area contributed by atoms with Crippen LogP contribution in [0, 0.1) is 11.8 Å². The van der Waals surface area contributed by atoms with E-state index in [4.69, 9.17) is 5.73 Å². The Bertz CT molecular complexity index is 236. The Kier molecular flexibility index (Phi) is 4.22. The van der Waals surface area contributed by atoms with E-state index in [-0.39, 0.29) is 0 Å². The predicted molar refractivity (Wildman–Crippen MR) is 64.9 cm³/mol. The summed E-state index contributed by atoms with van der Waals surface area (Å²) in [5.41, 5.74) is 5.59. The molecule has 2 aliphatic rings. The van der Waals surface area contributed by atoms with Crippen molar-refractivity contribution in [2.75, 3.05) is 19.6 Å². The zero-order valence-corrected chi connectivity index (χ0v) is 10.2. The fourth-order valence-corrected chi connectivity index (χ4v) is 2.84. The number of amides is 1. The Labute approximate surface area is 98.4 Å². The summed E-state index contributed by atoms with van der Waals surface area (Å²) in [7, 11) is 0. The maximum Gasteiger partial charge on any atom is 0.222 e. The van der Waals surface area contributed by atoms with E-state index < -0.39 is 0 Å². The van der Waals surface area contributed by atoms with Gasteiger partial charge >= 0.3 is 0 Å². The van der Waals surface area contributed by atoms with Gasteiger partial charge in [0.05, 0.1) is 0 Å². The SMILES string of the molecule is NCCC1CCCN(C(=O)CC2CCC2)C1. The molecule has 0 radical (unpaired) electrons. The number of nitrogens with zero attached hydrogens (tertiary/aromatic N) is 1. The van der Waals surface area contributed by atoms with Crippen LogP contribution in [0.15, 0.2) is 0 Å². The van der Waals surface area contributed by atoms with Gasteiger partial charge in [-0.1, -0.05) is 6.42 Å². The Hall–Kier alpha value is -0.570. The van der Waals surface area contributed by atoms with Gasteiger partial charge in [0.25, 0.3) is 0 Å². The van der Waals surface area contributed by atoms with Gasteiger partial charge in [-0.2, -0.15) is 0 Å². The summed E-state index contributed by atoms with van der Waals surface area (Å²) >= 11 is 0. The highest BCUT2D eigenvalue weighted by molar-refractivity contribution is 5.76. The summed E-state index contributed by atoms with van der Waals surface area (Å²) in [6.45, 7) is 2.70. The fraction of sp³-hybridized carbons (Fsp3) is 0.923. The number of nitrogens with two attached hydrogens (primary N) is 1. The highest BCUT2D eigenvalue weighted by Gasteiger charge is 2.27. The van der Waals surface area contributed by atoms with Crippen LogP contribution in [0.2, 0.25) is 0 Å². The van der Waals surface area contributed by atoms with Gasteiger partial charge in [0.1, 0.15) is 0 Å². The number of carbonyl (C=O) groups is 1. The molecule has 2 N–H and O–H groups in total. The van der Waals surface area contributed by atoms with Crippen LogP contribution in [-0.4, -0.2) is 30.4 Å². The predicted octanol–water partition coefficient (Wildman–Crippen LogP) is 1.76. The lowest BCUT2D eigenvalue weighted by Crippen LogP contribution is -2.41. The van der Waals surface area contributed by atoms with E-state index in [2.05, 4.69) is 4.90 Å². The van der Waals surface area contributed by atoms with Gasteiger partial charge in [0, 0.05) is 19.5 Å². The van der Waals surface area contributed by atoms with Crippen LogP contribution in [-0.2, 0) is 4.79 Å². The Morgan fingerprint density at radius 2 is 1.94 bits per heavy atom. The number of carbonyl (C=O) groups excluding carboxylic acids is 1. The van der Waals surface area contributed by atoms with E-state index >= 15 is 0 Å². The molecule has 0 spiro atoms. The molecule has 1 saturated carbocycles. The number of rotatable bonds is 4. The Morgan fingerprint density at radius 3 is 2.56 bits per heavy atom. The number of likely N-dealkylation sites (tertiary alicyclic amines) is 1. The van der Waals surface area contributed by atoms with Crippen LogP contribution in [0.25, 0.3) is 0 Å². The first-order valence-electron chi connectivity index (χ1n) is 6.77. The lowest BCUT2D eigenvalue weighted by Gasteiger charge is -2.35. The molecule has 0 aromatic rings. The van der Waals surface area contributed by atoms with E-state index in [1.165, 1.54) is 32.1 Å². The standard InChI is InChI=1S/C13H24N2O/c14-7-6-12-5-2-8-15(10-12)13(16)9-11-3-1-4-11/h11-12H,1-10,14H2. The van der Waals surface area contributed by atoms with Crippen LogP contribution in [0.1, 0.15) is 44.9 Å². The highest BCUT2D eigenvalue weighted by atomic mass is 16.2. The molecule has 0 aromatic carbocycles. The third-order valence-electron chi connectivity index (χ3n) is 4.13. The summed E-state index contributed by atoms with van der Waals surface area (Å²) in [5, 5.41) is 0. The van der Waals surface area contributed by atoms with Crippen molar-refractivity contribution in [3.05, 3.63) is 0 Å². The van der Waals surface area contributed by atoms with Crippen molar-refractivity contribution < 1.29 is 4.79 Å². The Morgan fingerprint density at radius 1 is 1.19 bits per heavy atom. The molecule has 0 bridgehead atoms. The second-order valence-electron chi connectivity index (χ2n) is 5.43. The van der Waals surface area contributed by atoms with E-state index in [9.17, 15) is 4.79 Å². The van der Waals surface area contributed by atoms with Crippen LogP contribution in [0.5, 0.6) is 0 Å². The average Bonchev–Trinajstić information content (AvgIpc) is 2.24. The molecule has 92 valence electrons. The molecule has 1 atom stereocenters. The number of piperidine rings is 1. The van der Waals surface area contributed by atoms with Gasteiger partial charge in [-0.25, -0.2) is 0 Å². The van der Waals surface area contributed by atoms with E-state index in [0.29, 0.717) is 17.7 Å².